The summed E-state index contributed by atoms with van der Waals surface area (Å²) in [6, 6.07) is 16.8. The molecule has 0 radical (unpaired) electrons. The molecule has 2 N–H and O–H groups in total. The lowest BCUT2D eigenvalue weighted by molar-refractivity contribution is -0.126. The highest BCUT2D eigenvalue weighted by Gasteiger charge is 2.27. The fraction of sp³-hybridized carbons (Fsp3) is 0.364. The Morgan fingerprint density at radius 3 is 2.61 bits per heavy atom. The summed E-state index contributed by atoms with van der Waals surface area (Å²) in [4.78, 5) is 27.1. The molecule has 2 unspecified atom stereocenters. The lowest BCUT2D eigenvalue weighted by Gasteiger charge is -2.31. The predicted molar refractivity (Wildman–Crippen MR) is 112 cm³/mol. The van der Waals surface area contributed by atoms with Crippen LogP contribution < -0.4 is 10.6 Å². The molecule has 5 nitrogen and oxygen atoms in total. The van der Waals surface area contributed by atoms with Gasteiger partial charge in [0, 0.05) is 17.3 Å². The molecule has 1 saturated heterocycles. The van der Waals surface area contributed by atoms with Crippen LogP contribution in [0.5, 0.6) is 0 Å². The summed E-state index contributed by atoms with van der Waals surface area (Å²) in [5.41, 5.74) is 1.70. The molecule has 1 aliphatic heterocycles. The Morgan fingerprint density at radius 1 is 1.14 bits per heavy atom. The summed E-state index contributed by atoms with van der Waals surface area (Å²) >= 11 is 6.21. The standard InChI is InChI=1S/C22H26ClN3O2/c1-16(19-11-5-6-12-20(19)23)24-21(27)15-26-13-7-8-17(14-26)22(28)25-18-9-3-2-4-10-18/h2-6,9-12,16-17H,7-8,13-15H2,1H3,(H,24,27)(H,25,28). The maximum absolute atomic E-state index is 12.5. The zero-order valence-corrected chi connectivity index (χ0v) is 16.8. The highest BCUT2D eigenvalue weighted by atomic mass is 35.5. The van der Waals surface area contributed by atoms with E-state index in [0.717, 1.165) is 30.6 Å². The molecular formula is C22H26ClN3O2. The second-order valence-corrected chi connectivity index (χ2v) is 7.65. The number of halogens is 1. The van der Waals surface area contributed by atoms with E-state index in [1.54, 1.807) is 0 Å². The number of para-hydroxylation sites is 1. The van der Waals surface area contributed by atoms with Crippen molar-refractivity contribution >= 4 is 29.1 Å². The van der Waals surface area contributed by atoms with Gasteiger partial charge in [-0.05, 0) is 50.1 Å². The molecule has 148 valence electrons. The van der Waals surface area contributed by atoms with Gasteiger partial charge in [0.25, 0.3) is 0 Å². The lowest BCUT2D eigenvalue weighted by Crippen LogP contribution is -2.45. The quantitative estimate of drug-likeness (QED) is 0.775. The number of benzene rings is 2. The number of hydrogen-bond donors (Lipinski definition) is 2. The Balaban J connectivity index is 1.51. The molecule has 3 rings (SSSR count). The van der Waals surface area contributed by atoms with Crippen molar-refractivity contribution in [2.24, 2.45) is 5.92 Å². The number of rotatable bonds is 6. The van der Waals surface area contributed by atoms with Crippen LogP contribution in [0.25, 0.3) is 0 Å². The van der Waals surface area contributed by atoms with Crippen LogP contribution in [-0.4, -0.2) is 36.3 Å². The Hall–Kier alpha value is -2.37. The van der Waals surface area contributed by atoms with E-state index < -0.39 is 0 Å². The van der Waals surface area contributed by atoms with Crippen LogP contribution in [0.4, 0.5) is 5.69 Å². The van der Waals surface area contributed by atoms with Crippen LogP contribution in [0.2, 0.25) is 5.02 Å². The van der Waals surface area contributed by atoms with Crippen molar-refractivity contribution in [3.05, 3.63) is 65.2 Å². The number of amides is 2. The highest BCUT2D eigenvalue weighted by Crippen LogP contribution is 2.22. The fourth-order valence-electron chi connectivity index (χ4n) is 3.57. The van der Waals surface area contributed by atoms with Crippen LogP contribution in [0.1, 0.15) is 31.4 Å². The van der Waals surface area contributed by atoms with Crippen LogP contribution in [-0.2, 0) is 9.59 Å². The minimum absolute atomic E-state index is 0.0146. The van der Waals surface area contributed by atoms with Gasteiger partial charge in [0.05, 0.1) is 18.5 Å². The van der Waals surface area contributed by atoms with Crippen molar-refractivity contribution in [3.8, 4) is 0 Å². The topological polar surface area (TPSA) is 61.4 Å². The van der Waals surface area contributed by atoms with E-state index in [0.29, 0.717) is 11.6 Å². The number of hydrogen-bond acceptors (Lipinski definition) is 3. The van der Waals surface area contributed by atoms with Crippen molar-refractivity contribution in [1.82, 2.24) is 10.2 Å². The normalized spacial score (nSPS) is 18.3. The molecule has 0 aliphatic carbocycles. The third kappa shape index (κ3) is 5.57. The first-order valence-corrected chi connectivity index (χ1v) is 10.0. The molecule has 1 fully saturated rings. The van der Waals surface area contributed by atoms with E-state index in [9.17, 15) is 9.59 Å². The van der Waals surface area contributed by atoms with Gasteiger partial charge in [-0.15, -0.1) is 0 Å². The zero-order chi connectivity index (χ0) is 19.9. The van der Waals surface area contributed by atoms with Gasteiger partial charge < -0.3 is 10.6 Å². The average molecular weight is 400 g/mol. The Kier molecular flexibility index (Phi) is 7.06. The maximum atomic E-state index is 12.5. The van der Waals surface area contributed by atoms with E-state index in [4.69, 9.17) is 11.6 Å². The van der Waals surface area contributed by atoms with Crippen LogP contribution in [0.3, 0.4) is 0 Å². The lowest BCUT2D eigenvalue weighted by atomic mass is 9.97. The molecule has 6 heteroatoms. The number of carbonyl (C=O) groups is 2. The molecule has 2 aromatic carbocycles. The van der Waals surface area contributed by atoms with E-state index in [2.05, 4.69) is 10.6 Å². The first-order valence-electron chi connectivity index (χ1n) is 9.65. The second-order valence-electron chi connectivity index (χ2n) is 7.24. The van der Waals surface area contributed by atoms with Crippen LogP contribution in [0.15, 0.2) is 54.6 Å². The Labute approximate surface area is 171 Å². The summed E-state index contributed by atoms with van der Waals surface area (Å²) in [6.45, 7) is 3.62. The number of piperidine rings is 1. The van der Waals surface area contributed by atoms with Crippen LogP contribution >= 0.6 is 11.6 Å². The summed E-state index contributed by atoms with van der Waals surface area (Å²) in [5.74, 6) is -0.153. The third-order valence-corrected chi connectivity index (χ3v) is 5.38. The molecule has 0 saturated carbocycles. The van der Waals surface area contributed by atoms with Gasteiger partial charge in [-0.25, -0.2) is 0 Å². The fourth-order valence-corrected chi connectivity index (χ4v) is 3.87. The number of anilines is 1. The van der Waals surface area contributed by atoms with Crippen molar-refractivity contribution in [2.75, 3.05) is 25.0 Å². The van der Waals surface area contributed by atoms with Gasteiger partial charge in [0.1, 0.15) is 0 Å². The molecule has 2 aromatic rings. The average Bonchev–Trinajstić information content (AvgIpc) is 2.69. The van der Waals surface area contributed by atoms with Gasteiger partial charge >= 0.3 is 0 Å². The maximum Gasteiger partial charge on any atom is 0.234 e. The number of nitrogens with zero attached hydrogens (tertiary/aromatic N) is 1. The van der Waals surface area contributed by atoms with E-state index in [-0.39, 0.29) is 30.3 Å². The van der Waals surface area contributed by atoms with Gasteiger partial charge in [-0.1, -0.05) is 48.0 Å². The van der Waals surface area contributed by atoms with Gasteiger partial charge in [-0.3, -0.25) is 14.5 Å². The first kappa shape index (κ1) is 20.4. The number of carbonyl (C=O) groups excluding carboxylic acids is 2. The van der Waals surface area contributed by atoms with E-state index in [1.807, 2.05) is 66.4 Å². The second kappa shape index (κ2) is 9.71. The third-order valence-electron chi connectivity index (χ3n) is 5.03. The molecule has 0 bridgehead atoms. The minimum atomic E-state index is -0.164. The van der Waals surface area contributed by atoms with Crippen molar-refractivity contribution in [1.29, 1.82) is 0 Å². The first-order chi connectivity index (χ1) is 13.5. The van der Waals surface area contributed by atoms with Gasteiger partial charge in [0.15, 0.2) is 0 Å². The molecule has 0 aromatic heterocycles. The Morgan fingerprint density at radius 2 is 1.86 bits per heavy atom. The van der Waals surface area contributed by atoms with Gasteiger partial charge in [0.2, 0.25) is 11.8 Å². The zero-order valence-electron chi connectivity index (χ0n) is 16.0. The van der Waals surface area contributed by atoms with Crippen molar-refractivity contribution in [3.63, 3.8) is 0 Å². The summed E-state index contributed by atoms with van der Waals surface area (Å²) in [7, 11) is 0. The summed E-state index contributed by atoms with van der Waals surface area (Å²) < 4.78 is 0. The molecule has 0 spiro atoms. The van der Waals surface area contributed by atoms with E-state index >= 15 is 0 Å². The SMILES string of the molecule is CC(NC(=O)CN1CCCC(C(=O)Nc2ccccc2)C1)c1ccccc1Cl. The molecule has 1 aliphatic rings. The van der Waals surface area contributed by atoms with E-state index in [1.165, 1.54) is 0 Å². The highest BCUT2D eigenvalue weighted by molar-refractivity contribution is 6.31. The molecule has 1 heterocycles. The number of likely N-dealkylation sites (tertiary alicyclic amines) is 1. The smallest absolute Gasteiger partial charge is 0.234 e. The van der Waals surface area contributed by atoms with Crippen molar-refractivity contribution < 1.29 is 9.59 Å². The van der Waals surface area contributed by atoms with Crippen LogP contribution in [0, 0.1) is 5.92 Å². The monoisotopic (exact) mass is 399 g/mol. The van der Waals surface area contributed by atoms with Crippen molar-refractivity contribution in [2.45, 2.75) is 25.8 Å². The minimum Gasteiger partial charge on any atom is -0.348 e. The predicted octanol–water partition coefficient (Wildman–Crippen LogP) is 3.87. The summed E-state index contributed by atoms with van der Waals surface area (Å²) in [6.07, 6.45) is 1.74. The molecule has 2 atom stereocenters. The number of nitrogens with one attached hydrogen (secondary N) is 2. The molecular weight excluding hydrogens is 374 g/mol. The molecule has 28 heavy (non-hydrogen) atoms. The molecule has 2 amide bonds. The Bertz CT molecular complexity index is 812. The van der Waals surface area contributed by atoms with Gasteiger partial charge in [-0.2, -0.15) is 0 Å². The largest absolute Gasteiger partial charge is 0.348 e. The summed E-state index contributed by atoms with van der Waals surface area (Å²) in [5, 5.41) is 6.61.